The van der Waals surface area contributed by atoms with Crippen LogP contribution in [0.2, 0.25) is 0 Å². The average molecular weight is 269 g/mol. The Labute approximate surface area is 109 Å². The van der Waals surface area contributed by atoms with E-state index >= 15 is 0 Å². The Morgan fingerprint density at radius 2 is 2.17 bits per heavy atom. The van der Waals surface area contributed by atoms with Crippen LogP contribution in [0.5, 0.6) is 0 Å². The van der Waals surface area contributed by atoms with Crippen molar-refractivity contribution in [2.45, 2.75) is 29.9 Å². The highest BCUT2D eigenvalue weighted by atomic mass is 32.2. The summed E-state index contributed by atoms with van der Waals surface area (Å²) in [6, 6.07) is 6.35. The van der Waals surface area contributed by atoms with Gasteiger partial charge in [-0.25, -0.2) is 0 Å². The van der Waals surface area contributed by atoms with E-state index in [9.17, 15) is 10.1 Å². The first-order valence-corrected chi connectivity index (χ1v) is 6.32. The molecule has 0 heterocycles. The van der Waals surface area contributed by atoms with Gasteiger partial charge in [0.25, 0.3) is 5.69 Å². The second-order valence-electron chi connectivity index (χ2n) is 3.69. The molecule has 7 heteroatoms. The number of non-ortho nitro benzene ring substituents is 1. The van der Waals surface area contributed by atoms with Gasteiger partial charge in [-0.05, 0) is 18.6 Å². The summed E-state index contributed by atoms with van der Waals surface area (Å²) in [6.45, 7) is 2.01. The van der Waals surface area contributed by atoms with Gasteiger partial charge in [0.15, 0.2) is 0 Å². The van der Waals surface area contributed by atoms with E-state index in [4.69, 9.17) is 10.9 Å². The summed E-state index contributed by atoms with van der Waals surface area (Å²) in [5.41, 5.74) is 5.54. The monoisotopic (exact) mass is 269 g/mol. The van der Waals surface area contributed by atoms with Crippen LogP contribution in [-0.4, -0.2) is 21.2 Å². The fourth-order valence-corrected chi connectivity index (χ4v) is 2.48. The molecule has 1 rings (SSSR count). The number of nitrogens with zero attached hydrogens (tertiary/aromatic N) is 2. The van der Waals surface area contributed by atoms with Gasteiger partial charge in [0.05, 0.1) is 4.92 Å². The predicted octanol–water partition coefficient (Wildman–Crippen LogP) is 2.60. The maximum absolute atomic E-state index is 10.5. The van der Waals surface area contributed by atoms with Crippen LogP contribution in [0, 0.1) is 10.1 Å². The molecule has 1 aromatic rings. The van der Waals surface area contributed by atoms with E-state index < -0.39 is 4.92 Å². The lowest BCUT2D eigenvalue weighted by atomic mass is 10.2. The Balaban J connectivity index is 2.67. The maximum Gasteiger partial charge on any atom is 0.269 e. The molecule has 98 valence electrons. The fourth-order valence-electron chi connectivity index (χ4n) is 1.38. The summed E-state index contributed by atoms with van der Waals surface area (Å²) in [5, 5.41) is 22.2. The number of nitrogens with two attached hydrogens (primary N) is 1. The summed E-state index contributed by atoms with van der Waals surface area (Å²) in [4.78, 5) is 11.0. The predicted molar refractivity (Wildman–Crippen MR) is 71.1 cm³/mol. The van der Waals surface area contributed by atoms with Crippen molar-refractivity contribution in [3.8, 4) is 0 Å². The molecule has 6 nitrogen and oxygen atoms in total. The van der Waals surface area contributed by atoms with E-state index in [-0.39, 0.29) is 16.8 Å². The standard InChI is InChI=1S/C11H15N3O3S/c1-2-9(7-11(12)13-15)18-10-5-3-8(4-6-10)14(16)17/h3-6,9,15H,2,7H2,1H3,(H2,12,13). The number of thioether (sulfide) groups is 1. The van der Waals surface area contributed by atoms with Gasteiger partial charge in [0.1, 0.15) is 5.84 Å². The van der Waals surface area contributed by atoms with Crippen molar-refractivity contribution < 1.29 is 10.1 Å². The molecule has 1 atom stereocenters. The molecule has 0 aliphatic carbocycles. The summed E-state index contributed by atoms with van der Waals surface area (Å²) < 4.78 is 0. The van der Waals surface area contributed by atoms with E-state index in [2.05, 4.69) is 5.16 Å². The molecule has 0 aliphatic heterocycles. The Morgan fingerprint density at radius 1 is 1.56 bits per heavy atom. The van der Waals surface area contributed by atoms with Gasteiger partial charge in [-0.15, -0.1) is 11.8 Å². The van der Waals surface area contributed by atoms with Crippen molar-refractivity contribution >= 4 is 23.3 Å². The van der Waals surface area contributed by atoms with Crippen LogP contribution in [0.15, 0.2) is 34.3 Å². The summed E-state index contributed by atoms with van der Waals surface area (Å²) in [6.07, 6.45) is 1.34. The first kappa shape index (κ1) is 14.3. The smallest absolute Gasteiger partial charge is 0.269 e. The lowest BCUT2D eigenvalue weighted by Gasteiger charge is -2.13. The summed E-state index contributed by atoms with van der Waals surface area (Å²) in [5.74, 6) is 0.191. The van der Waals surface area contributed by atoms with Crippen molar-refractivity contribution in [1.82, 2.24) is 0 Å². The Bertz CT molecular complexity index is 434. The molecular weight excluding hydrogens is 254 g/mol. The van der Waals surface area contributed by atoms with Crippen LogP contribution < -0.4 is 5.73 Å². The maximum atomic E-state index is 10.5. The Hall–Kier alpha value is -1.76. The first-order chi connectivity index (χ1) is 8.56. The molecule has 0 saturated heterocycles. The third-order valence-electron chi connectivity index (χ3n) is 2.37. The van der Waals surface area contributed by atoms with Crippen LogP contribution in [0.25, 0.3) is 0 Å². The van der Waals surface area contributed by atoms with Crippen LogP contribution in [-0.2, 0) is 0 Å². The number of hydrogen-bond acceptors (Lipinski definition) is 5. The summed E-state index contributed by atoms with van der Waals surface area (Å²) in [7, 11) is 0. The number of benzene rings is 1. The number of oxime groups is 1. The summed E-state index contributed by atoms with van der Waals surface area (Å²) >= 11 is 1.56. The van der Waals surface area contributed by atoms with Crippen molar-refractivity contribution in [1.29, 1.82) is 0 Å². The third-order valence-corrected chi connectivity index (χ3v) is 3.75. The highest BCUT2D eigenvalue weighted by molar-refractivity contribution is 8.00. The molecule has 0 fully saturated rings. The van der Waals surface area contributed by atoms with Crippen molar-refractivity contribution in [2.75, 3.05) is 0 Å². The zero-order valence-electron chi connectivity index (χ0n) is 9.94. The zero-order chi connectivity index (χ0) is 13.5. The molecule has 0 radical (unpaired) electrons. The zero-order valence-corrected chi connectivity index (χ0v) is 10.8. The Morgan fingerprint density at radius 3 is 2.61 bits per heavy atom. The van der Waals surface area contributed by atoms with Gasteiger partial charge in [-0.3, -0.25) is 10.1 Å². The molecule has 0 aliphatic rings. The van der Waals surface area contributed by atoms with Crippen LogP contribution in [0.1, 0.15) is 19.8 Å². The molecule has 0 amide bonds. The van der Waals surface area contributed by atoms with Gasteiger partial charge in [-0.1, -0.05) is 12.1 Å². The second kappa shape index (κ2) is 6.85. The minimum absolute atomic E-state index is 0.0730. The van der Waals surface area contributed by atoms with Gasteiger partial charge in [-0.2, -0.15) is 0 Å². The molecule has 1 unspecified atom stereocenters. The van der Waals surface area contributed by atoms with Crippen LogP contribution >= 0.6 is 11.8 Å². The molecule has 18 heavy (non-hydrogen) atoms. The van der Waals surface area contributed by atoms with E-state index in [1.54, 1.807) is 23.9 Å². The number of hydrogen-bond donors (Lipinski definition) is 2. The van der Waals surface area contributed by atoms with Gasteiger partial charge < -0.3 is 10.9 Å². The van der Waals surface area contributed by atoms with Crippen LogP contribution in [0.4, 0.5) is 5.69 Å². The minimum Gasteiger partial charge on any atom is -0.409 e. The average Bonchev–Trinajstić information content (AvgIpc) is 2.38. The number of nitro groups is 1. The highest BCUT2D eigenvalue weighted by Gasteiger charge is 2.12. The van der Waals surface area contributed by atoms with Gasteiger partial charge in [0, 0.05) is 28.7 Å². The van der Waals surface area contributed by atoms with E-state index in [1.165, 1.54) is 12.1 Å². The molecule has 0 aromatic heterocycles. The van der Waals surface area contributed by atoms with Crippen molar-refractivity contribution in [2.24, 2.45) is 10.9 Å². The molecule has 3 N–H and O–H groups in total. The highest BCUT2D eigenvalue weighted by Crippen LogP contribution is 2.28. The quantitative estimate of drug-likeness (QED) is 0.206. The van der Waals surface area contributed by atoms with Crippen LogP contribution in [0.3, 0.4) is 0 Å². The van der Waals surface area contributed by atoms with Gasteiger partial charge in [0.2, 0.25) is 0 Å². The second-order valence-corrected chi connectivity index (χ2v) is 5.07. The molecule has 0 saturated carbocycles. The SMILES string of the molecule is CCC(C/C(N)=N/O)Sc1ccc([N+](=O)[O-])cc1. The number of rotatable bonds is 6. The Kier molecular flexibility index (Phi) is 5.44. The van der Waals surface area contributed by atoms with Crippen molar-refractivity contribution in [3.63, 3.8) is 0 Å². The molecule has 1 aromatic carbocycles. The lowest BCUT2D eigenvalue weighted by molar-refractivity contribution is -0.384. The largest absolute Gasteiger partial charge is 0.409 e. The van der Waals surface area contributed by atoms with E-state index in [1.807, 2.05) is 6.92 Å². The third kappa shape index (κ3) is 4.25. The van der Waals surface area contributed by atoms with E-state index in [0.29, 0.717) is 6.42 Å². The number of nitro benzene ring substituents is 1. The normalized spacial score (nSPS) is 13.3. The molecule has 0 spiro atoms. The topological polar surface area (TPSA) is 102 Å². The van der Waals surface area contributed by atoms with E-state index in [0.717, 1.165) is 11.3 Å². The lowest BCUT2D eigenvalue weighted by Crippen LogP contribution is -2.18. The first-order valence-electron chi connectivity index (χ1n) is 5.44. The van der Waals surface area contributed by atoms with Crippen molar-refractivity contribution in [3.05, 3.63) is 34.4 Å². The minimum atomic E-state index is -0.428. The number of amidine groups is 1. The molecule has 0 bridgehead atoms. The fraction of sp³-hybridized carbons (Fsp3) is 0.364. The molecular formula is C11H15N3O3S. The van der Waals surface area contributed by atoms with Gasteiger partial charge >= 0.3 is 0 Å².